The van der Waals surface area contributed by atoms with Gasteiger partial charge in [-0.05, 0) is 42.2 Å². The van der Waals surface area contributed by atoms with Crippen LogP contribution in [0.25, 0.3) is 0 Å². The summed E-state index contributed by atoms with van der Waals surface area (Å²) in [6, 6.07) is 14.3. The number of nitrogens with one attached hydrogen (secondary N) is 2. The van der Waals surface area contributed by atoms with Crippen molar-refractivity contribution in [2.24, 2.45) is 5.92 Å². The number of rotatable bonds is 7. The van der Waals surface area contributed by atoms with Crippen molar-refractivity contribution in [3.05, 3.63) is 68.7 Å². The average Bonchev–Trinajstić information content (AvgIpc) is 3.40. The van der Waals surface area contributed by atoms with Gasteiger partial charge in [-0.3, -0.25) is 14.9 Å². The van der Waals surface area contributed by atoms with E-state index in [4.69, 9.17) is 0 Å². The number of benzene rings is 2. The molecule has 0 aliphatic heterocycles. The number of anilines is 1. The van der Waals surface area contributed by atoms with Crippen molar-refractivity contribution in [2.75, 3.05) is 18.4 Å². The number of hydrogen-bond acceptors (Lipinski definition) is 4. The van der Waals surface area contributed by atoms with E-state index in [0.29, 0.717) is 19.0 Å². The molecule has 3 rings (SSSR count). The molecule has 0 radical (unpaired) electrons. The Bertz CT molecular complexity index is 779. The van der Waals surface area contributed by atoms with Gasteiger partial charge in [0.25, 0.3) is 5.69 Å². The number of amides is 1. The Morgan fingerprint density at radius 1 is 1.20 bits per heavy atom. The Morgan fingerprint density at radius 2 is 1.96 bits per heavy atom. The summed E-state index contributed by atoms with van der Waals surface area (Å²) >= 11 is 3.45. The number of non-ortho nitro benzene ring substituents is 1. The van der Waals surface area contributed by atoms with Crippen molar-refractivity contribution in [1.29, 1.82) is 0 Å². The molecule has 6 nitrogen and oxygen atoms in total. The second kappa shape index (κ2) is 7.65. The Balaban J connectivity index is 1.39. The minimum absolute atomic E-state index is 0.0497. The Labute approximate surface area is 153 Å². The van der Waals surface area contributed by atoms with Gasteiger partial charge in [-0.1, -0.05) is 28.1 Å². The Morgan fingerprint density at radius 3 is 2.64 bits per heavy atom. The third-order valence-electron chi connectivity index (χ3n) is 4.24. The van der Waals surface area contributed by atoms with Gasteiger partial charge in [0.05, 0.1) is 4.92 Å². The van der Waals surface area contributed by atoms with Crippen LogP contribution in [0.15, 0.2) is 53.0 Å². The van der Waals surface area contributed by atoms with E-state index in [1.54, 1.807) is 12.1 Å². The monoisotopic (exact) mass is 403 g/mol. The third kappa shape index (κ3) is 4.57. The van der Waals surface area contributed by atoms with Gasteiger partial charge in [-0.25, -0.2) is 0 Å². The third-order valence-corrected chi connectivity index (χ3v) is 4.73. The zero-order valence-electron chi connectivity index (χ0n) is 13.4. The smallest absolute Gasteiger partial charge is 0.269 e. The van der Waals surface area contributed by atoms with Crippen LogP contribution in [-0.4, -0.2) is 23.9 Å². The first-order valence-electron chi connectivity index (χ1n) is 8.06. The molecule has 0 aromatic heterocycles. The van der Waals surface area contributed by atoms with Crippen LogP contribution in [0.3, 0.4) is 0 Å². The summed E-state index contributed by atoms with van der Waals surface area (Å²) in [4.78, 5) is 22.4. The number of carbonyl (C=O) groups excluding carboxylic acids is 1. The van der Waals surface area contributed by atoms with Crippen molar-refractivity contribution < 1.29 is 9.72 Å². The van der Waals surface area contributed by atoms with Crippen LogP contribution in [-0.2, 0) is 4.79 Å². The van der Waals surface area contributed by atoms with Crippen LogP contribution in [0.1, 0.15) is 17.9 Å². The highest BCUT2D eigenvalue weighted by molar-refractivity contribution is 9.10. The normalized spacial score (nSPS) is 18.4. The SMILES string of the molecule is O=C(NCCNc1ccc([N+](=O)[O-])cc1)C1CC1c1cccc(Br)c1. The van der Waals surface area contributed by atoms with E-state index in [1.165, 1.54) is 17.7 Å². The Kier molecular flexibility index (Phi) is 5.33. The fourth-order valence-electron chi connectivity index (χ4n) is 2.82. The van der Waals surface area contributed by atoms with Gasteiger partial charge in [0.2, 0.25) is 5.91 Å². The summed E-state index contributed by atoms with van der Waals surface area (Å²) in [5.41, 5.74) is 2.04. The summed E-state index contributed by atoms with van der Waals surface area (Å²) in [5, 5.41) is 16.7. The van der Waals surface area contributed by atoms with Gasteiger partial charge in [-0.2, -0.15) is 0 Å². The quantitative estimate of drug-likeness (QED) is 0.419. The van der Waals surface area contributed by atoms with E-state index in [2.05, 4.69) is 38.7 Å². The van der Waals surface area contributed by atoms with Crippen molar-refractivity contribution in [1.82, 2.24) is 5.32 Å². The first-order valence-corrected chi connectivity index (χ1v) is 8.85. The molecule has 7 heteroatoms. The minimum atomic E-state index is -0.429. The fourth-order valence-corrected chi connectivity index (χ4v) is 3.23. The van der Waals surface area contributed by atoms with E-state index in [1.807, 2.05) is 12.1 Å². The van der Waals surface area contributed by atoms with Crippen LogP contribution in [0.5, 0.6) is 0 Å². The van der Waals surface area contributed by atoms with Crippen LogP contribution in [0.4, 0.5) is 11.4 Å². The highest BCUT2D eigenvalue weighted by Gasteiger charge is 2.43. The summed E-state index contributed by atoms with van der Waals surface area (Å²) < 4.78 is 1.03. The molecule has 2 atom stereocenters. The molecule has 25 heavy (non-hydrogen) atoms. The van der Waals surface area contributed by atoms with Crippen molar-refractivity contribution in [3.63, 3.8) is 0 Å². The molecular weight excluding hydrogens is 386 g/mol. The first kappa shape index (κ1) is 17.4. The largest absolute Gasteiger partial charge is 0.383 e. The Hall–Kier alpha value is -2.41. The molecule has 2 aromatic rings. The lowest BCUT2D eigenvalue weighted by atomic mass is 10.1. The second-order valence-corrected chi connectivity index (χ2v) is 6.94. The van der Waals surface area contributed by atoms with E-state index in [-0.39, 0.29) is 17.5 Å². The van der Waals surface area contributed by atoms with E-state index in [9.17, 15) is 14.9 Å². The van der Waals surface area contributed by atoms with E-state index >= 15 is 0 Å². The summed E-state index contributed by atoms with van der Waals surface area (Å²) in [7, 11) is 0. The topological polar surface area (TPSA) is 84.3 Å². The van der Waals surface area contributed by atoms with Gasteiger partial charge >= 0.3 is 0 Å². The summed E-state index contributed by atoms with van der Waals surface area (Å²) in [6.07, 6.45) is 0.887. The van der Waals surface area contributed by atoms with Crippen LogP contribution in [0, 0.1) is 16.0 Å². The molecule has 1 saturated carbocycles. The highest BCUT2D eigenvalue weighted by atomic mass is 79.9. The maximum atomic E-state index is 12.2. The first-order chi connectivity index (χ1) is 12.0. The lowest BCUT2D eigenvalue weighted by Crippen LogP contribution is -2.30. The molecule has 1 aliphatic carbocycles. The van der Waals surface area contributed by atoms with Crippen LogP contribution < -0.4 is 10.6 Å². The molecule has 0 heterocycles. The molecule has 1 amide bonds. The predicted octanol–water partition coefficient (Wildman–Crippen LogP) is 3.69. The lowest BCUT2D eigenvalue weighted by molar-refractivity contribution is -0.384. The summed E-state index contributed by atoms with van der Waals surface area (Å²) in [5.74, 6) is 0.435. The number of halogens is 1. The molecule has 0 bridgehead atoms. The van der Waals surface area contributed by atoms with E-state index < -0.39 is 4.92 Å². The molecule has 2 unspecified atom stereocenters. The molecule has 130 valence electrons. The minimum Gasteiger partial charge on any atom is -0.383 e. The molecule has 1 fully saturated rings. The average molecular weight is 404 g/mol. The number of nitrogens with zero attached hydrogens (tertiary/aromatic N) is 1. The zero-order chi connectivity index (χ0) is 17.8. The molecule has 0 saturated heterocycles. The van der Waals surface area contributed by atoms with E-state index in [0.717, 1.165) is 16.6 Å². The van der Waals surface area contributed by atoms with Crippen molar-refractivity contribution >= 4 is 33.2 Å². The predicted molar refractivity (Wildman–Crippen MR) is 99.6 cm³/mol. The van der Waals surface area contributed by atoms with Gasteiger partial charge < -0.3 is 10.6 Å². The van der Waals surface area contributed by atoms with Gasteiger partial charge in [0.1, 0.15) is 0 Å². The van der Waals surface area contributed by atoms with Gasteiger partial charge in [-0.15, -0.1) is 0 Å². The number of hydrogen-bond donors (Lipinski definition) is 2. The maximum Gasteiger partial charge on any atom is 0.269 e. The molecule has 2 aromatic carbocycles. The van der Waals surface area contributed by atoms with Crippen molar-refractivity contribution in [2.45, 2.75) is 12.3 Å². The van der Waals surface area contributed by atoms with Gasteiger partial charge in [0.15, 0.2) is 0 Å². The van der Waals surface area contributed by atoms with Crippen LogP contribution >= 0.6 is 15.9 Å². The molecule has 2 N–H and O–H groups in total. The van der Waals surface area contributed by atoms with Crippen LogP contribution in [0.2, 0.25) is 0 Å². The highest BCUT2D eigenvalue weighted by Crippen LogP contribution is 2.47. The van der Waals surface area contributed by atoms with Gasteiger partial charge in [0, 0.05) is 41.3 Å². The standard InChI is InChI=1S/C18H18BrN3O3/c19-13-3-1-2-12(10-13)16-11-17(16)18(23)21-9-8-20-14-4-6-15(7-5-14)22(24)25/h1-7,10,16-17,20H,8-9,11H2,(H,21,23). The lowest BCUT2D eigenvalue weighted by Gasteiger charge is -2.08. The van der Waals surface area contributed by atoms with Crippen molar-refractivity contribution in [3.8, 4) is 0 Å². The molecule has 0 spiro atoms. The zero-order valence-corrected chi connectivity index (χ0v) is 15.0. The number of nitro groups is 1. The molecular formula is C18H18BrN3O3. The number of carbonyl (C=O) groups is 1. The molecule has 1 aliphatic rings. The second-order valence-electron chi connectivity index (χ2n) is 6.03. The number of nitro benzene ring substituents is 1. The summed E-state index contributed by atoms with van der Waals surface area (Å²) in [6.45, 7) is 1.08. The fraction of sp³-hybridized carbons (Fsp3) is 0.278. The maximum absolute atomic E-state index is 12.2.